The molecule has 59 heavy (non-hydrogen) atoms. The monoisotopic (exact) mass is 782 g/mol. The minimum atomic E-state index is -0.188. The lowest BCUT2D eigenvalue weighted by atomic mass is 9.79. The molecule has 8 rings (SSSR count). The highest BCUT2D eigenvalue weighted by molar-refractivity contribution is 6.01. The van der Waals surface area contributed by atoms with Crippen LogP contribution in [-0.2, 0) is 12.8 Å². The van der Waals surface area contributed by atoms with E-state index in [1.807, 2.05) is 19.1 Å². The molecular weight excluding hydrogens is 720 g/mol. The van der Waals surface area contributed by atoms with Crippen molar-refractivity contribution >= 4 is 34.1 Å². The van der Waals surface area contributed by atoms with E-state index in [0.29, 0.717) is 5.56 Å². The molecule has 0 aromatic heterocycles. The summed E-state index contributed by atoms with van der Waals surface area (Å²) >= 11 is 0. The third-order valence-electron chi connectivity index (χ3n) is 16.0. The fourth-order valence-corrected chi connectivity index (χ4v) is 10.9. The molecule has 0 saturated heterocycles. The number of aryl methyl sites for hydroxylation is 2. The molecule has 0 N–H and O–H groups in total. The minimum absolute atomic E-state index is 0.188. The van der Waals surface area contributed by atoms with E-state index in [4.69, 9.17) is 0 Å². The second kappa shape index (κ2) is 14.0. The maximum Gasteiger partial charge on any atom is 0.131 e. The molecular formula is C56H63FN2. The third kappa shape index (κ3) is 5.55. The standard InChI is InChI=1S/C56H63FN2/c1-26-20-19-21-49(57)52(26)44-25-51(59-55-42(17)34(9)30(5)38(13)47(55)24-48-39(14)31(6)35(10)43(18)56(48)59)50(22-27(44)2)58-53-40(15)32(7)28(3)36(11)45(53)23-46-37(12)29(4)33(8)41(16)54(46)58/h19-22,25H,23-24H2,1-18H3. The Bertz CT molecular complexity index is 2710. The maximum absolute atomic E-state index is 16.4. The van der Waals surface area contributed by atoms with Crippen LogP contribution in [0.4, 0.5) is 38.5 Å². The number of anilines is 6. The molecule has 0 unspecified atom stereocenters. The molecule has 0 saturated carbocycles. The zero-order valence-electron chi connectivity index (χ0n) is 39.1. The van der Waals surface area contributed by atoms with Gasteiger partial charge in [-0.3, -0.25) is 0 Å². The average Bonchev–Trinajstić information content (AvgIpc) is 3.21. The molecule has 2 nitrogen and oxygen atoms in total. The first-order valence-electron chi connectivity index (χ1n) is 21.6. The number of fused-ring (bicyclic) bond motifs is 4. The first-order chi connectivity index (χ1) is 27.7. The molecule has 304 valence electrons. The topological polar surface area (TPSA) is 6.48 Å². The van der Waals surface area contributed by atoms with Crippen molar-refractivity contribution in [2.75, 3.05) is 9.80 Å². The van der Waals surface area contributed by atoms with Gasteiger partial charge in [0.25, 0.3) is 0 Å². The molecule has 6 aromatic carbocycles. The van der Waals surface area contributed by atoms with Crippen LogP contribution < -0.4 is 9.80 Å². The molecule has 0 fully saturated rings. The van der Waals surface area contributed by atoms with Gasteiger partial charge in [-0.15, -0.1) is 0 Å². The lowest BCUT2D eigenvalue weighted by molar-refractivity contribution is 0.630. The molecule has 0 amide bonds. The second-order valence-corrected chi connectivity index (χ2v) is 18.4. The number of benzene rings is 6. The second-order valence-electron chi connectivity index (χ2n) is 18.4. The molecule has 0 bridgehead atoms. The van der Waals surface area contributed by atoms with E-state index in [9.17, 15) is 0 Å². The third-order valence-corrected chi connectivity index (χ3v) is 16.0. The molecule has 2 aliphatic rings. The summed E-state index contributed by atoms with van der Waals surface area (Å²) in [7, 11) is 0. The van der Waals surface area contributed by atoms with Gasteiger partial charge in [-0.1, -0.05) is 12.1 Å². The number of rotatable bonds is 3. The summed E-state index contributed by atoms with van der Waals surface area (Å²) < 4.78 is 16.4. The summed E-state index contributed by atoms with van der Waals surface area (Å²) in [6.45, 7) is 41.2. The van der Waals surface area contributed by atoms with Crippen molar-refractivity contribution in [1.29, 1.82) is 0 Å². The highest BCUT2D eigenvalue weighted by Gasteiger charge is 2.38. The van der Waals surface area contributed by atoms with Crippen LogP contribution in [0, 0.1) is 130 Å². The molecule has 6 aromatic rings. The molecule has 0 spiro atoms. The van der Waals surface area contributed by atoms with Crippen molar-refractivity contribution in [1.82, 2.24) is 0 Å². The zero-order chi connectivity index (χ0) is 43.0. The fraction of sp³-hybridized carbons (Fsp3) is 0.357. The Kier molecular flexibility index (Phi) is 9.62. The van der Waals surface area contributed by atoms with Gasteiger partial charge in [-0.05, 0) is 271 Å². The Morgan fingerprint density at radius 1 is 0.356 bits per heavy atom. The first-order valence-corrected chi connectivity index (χ1v) is 21.6. The Morgan fingerprint density at radius 2 is 0.661 bits per heavy atom. The van der Waals surface area contributed by atoms with Gasteiger partial charge < -0.3 is 9.80 Å². The van der Waals surface area contributed by atoms with Crippen molar-refractivity contribution < 1.29 is 4.39 Å². The minimum Gasteiger partial charge on any atom is -0.307 e. The quantitative estimate of drug-likeness (QED) is 0.176. The first kappa shape index (κ1) is 40.6. The van der Waals surface area contributed by atoms with E-state index in [1.165, 1.54) is 134 Å². The highest BCUT2D eigenvalue weighted by Crippen LogP contribution is 2.59. The summed E-state index contributed by atoms with van der Waals surface area (Å²) in [5, 5.41) is 0. The summed E-state index contributed by atoms with van der Waals surface area (Å²) in [6.07, 6.45) is 1.78. The van der Waals surface area contributed by atoms with Gasteiger partial charge in [0.05, 0.1) is 34.1 Å². The lowest BCUT2D eigenvalue weighted by Crippen LogP contribution is -2.28. The van der Waals surface area contributed by atoms with Gasteiger partial charge in [0.15, 0.2) is 0 Å². The molecule has 0 radical (unpaired) electrons. The Hall–Kier alpha value is -5.15. The Balaban J connectivity index is 1.64. The predicted molar refractivity (Wildman–Crippen MR) is 252 cm³/mol. The number of halogens is 1. The smallest absolute Gasteiger partial charge is 0.131 e. The largest absolute Gasteiger partial charge is 0.307 e. The summed E-state index contributed by atoms with van der Waals surface area (Å²) in [5.74, 6) is -0.188. The van der Waals surface area contributed by atoms with Crippen LogP contribution in [0.5, 0.6) is 0 Å². The van der Waals surface area contributed by atoms with E-state index in [1.54, 1.807) is 6.07 Å². The SMILES string of the molecule is Cc1cc(N2c3c(C)c(C)c(C)c(C)c3Cc3c(C)c(C)c(C)c(C)c32)c(N2c3c(C)c(C)c(C)c(C)c3Cc3c(C)c(C)c(C)c(C)c32)cc1-c1c(C)cccc1F. The van der Waals surface area contributed by atoms with E-state index in [-0.39, 0.29) is 5.82 Å². The summed E-state index contributed by atoms with van der Waals surface area (Å²) in [6, 6.07) is 10.2. The predicted octanol–water partition coefficient (Wildman–Crippen LogP) is 15.8. The number of hydrogen-bond acceptors (Lipinski definition) is 2. The Morgan fingerprint density at radius 3 is 0.983 bits per heavy atom. The molecule has 0 atom stereocenters. The van der Waals surface area contributed by atoms with E-state index >= 15 is 4.39 Å². The molecule has 3 heteroatoms. The summed E-state index contributed by atoms with van der Waals surface area (Å²) in [4.78, 5) is 5.28. The van der Waals surface area contributed by atoms with Crippen molar-refractivity contribution in [2.45, 2.75) is 137 Å². The average molecular weight is 783 g/mol. The van der Waals surface area contributed by atoms with Crippen LogP contribution in [0.15, 0.2) is 30.3 Å². The van der Waals surface area contributed by atoms with E-state index < -0.39 is 0 Å². The van der Waals surface area contributed by atoms with Crippen LogP contribution in [0.1, 0.15) is 122 Å². The van der Waals surface area contributed by atoms with Gasteiger partial charge in [-0.2, -0.15) is 0 Å². The molecule has 0 aliphatic carbocycles. The van der Waals surface area contributed by atoms with Gasteiger partial charge in [-0.25, -0.2) is 4.39 Å². The van der Waals surface area contributed by atoms with Crippen LogP contribution >= 0.6 is 0 Å². The van der Waals surface area contributed by atoms with Gasteiger partial charge in [0, 0.05) is 18.4 Å². The van der Waals surface area contributed by atoms with Crippen LogP contribution in [0.25, 0.3) is 11.1 Å². The summed E-state index contributed by atoms with van der Waals surface area (Å²) in [5.41, 5.74) is 38.0. The Labute approximate surface area is 354 Å². The van der Waals surface area contributed by atoms with E-state index in [2.05, 4.69) is 140 Å². The van der Waals surface area contributed by atoms with Crippen molar-refractivity contribution in [3.63, 3.8) is 0 Å². The van der Waals surface area contributed by atoms with Crippen molar-refractivity contribution in [2.24, 2.45) is 0 Å². The fourth-order valence-electron chi connectivity index (χ4n) is 10.9. The highest BCUT2D eigenvalue weighted by atomic mass is 19.1. The van der Waals surface area contributed by atoms with Crippen LogP contribution in [0.3, 0.4) is 0 Å². The number of hydrogen-bond donors (Lipinski definition) is 0. The molecule has 2 heterocycles. The van der Waals surface area contributed by atoms with Gasteiger partial charge in [0.2, 0.25) is 0 Å². The van der Waals surface area contributed by atoms with Crippen LogP contribution in [-0.4, -0.2) is 0 Å². The van der Waals surface area contributed by atoms with Gasteiger partial charge in [0.1, 0.15) is 5.82 Å². The lowest BCUT2D eigenvalue weighted by Gasteiger charge is -2.44. The number of nitrogens with zero attached hydrogens (tertiary/aromatic N) is 2. The van der Waals surface area contributed by atoms with Gasteiger partial charge >= 0.3 is 0 Å². The van der Waals surface area contributed by atoms with Crippen molar-refractivity contribution in [3.8, 4) is 11.1 Å². The molecule has 2 aliphatic heterocycles. The maximum atomic E-state index is 16.4. The van der Waals surface area contributed by atoms with E-state index in [0.717, 1.165) is 40.9 Å². The van der Waals surface area contributed by atoms with Crippen LogP contribution in [0.2, 0.25) is 0 Å². The van der Waals surface area contributed by atoms with Crippen molar-refractivity contribution in [3.05, 3.63) is 159 Å². The zero-order valence-corrected chi connectivity index (χ0v) is 39.1. The normalized spacial score (nSPS) is 13.1.